The van der Waals surface area contributed by atoms with Gasteiger partial charge in [-0.2, -0.15) is 0 Å². The minimum absolute atomic E-state index is 0.464. The molecule has 1 saturated carbocycles. The van der Waals surface area contributed by atoms with Crippen molar-refractivity contribution >= 4 is 16.9 Å². The Kier molecular flexibility index (Phi) is 7.25. The molecule has 1 aromatic heterocycles. The molecule has 1 aliphatic carbocycles. The Morgan fingerprint density at radius 2 is 1.97 bits per heavy atom. The third-order valence-electron chi connectivity index (χ3n) is 5.51. The molecule has 160 valence electrons. The van der Waals surface area contributed by atoms with Crippen molar-refractivity contribution in [2.45, 2.75) is 51.0 Å². The summed E-state index contributed by atoms with van der Waals surface area (Å²) in [5.74, 6) is 2.36. The first-order valence-electron chi connectivity index (χ1n) is 10.5. The zero-order chi connectivity index (χ0) is 20.7. The van der Waals surface area contributed by atoms with Gasteiger partial charge in [-0.25, -0.2) is 0 Å². The van der Waals surface area contributed by atoms with E-state index in [4.69, 9.17) is 9.47 Å². The Morgan fingerprint density at radius 3 is 2.66 bits per heavy atom. The molecule has 29 heavy (non-hydrogen) atoms. The van der Waals surface area contributed by atoms with E-state index in [1.165, 1.54) is 0 Å². The summed E-state index contributed by atoms with van der Waals surface area (Å²) in [5.41, 5.74) is 1.56. The van der Waals surface area contributed by atoms with Gasteiger partial charge in [-0.1, -0.05) is 12.8 Å². The molecule has 1 aromatic carbocycles. The number of H-pyrrole nitrogens is 1. The zero-order valence-electron chi connectivity index (χ0n) is 17.8. The summed E-state index contributed by atoms with van der Waals surface area (Å²) in [6.07, 6.45) is 5.76. The predicted octanol–water partition coefficient (Wildman–Crippen LogP) is 2.98. The summed E-state index contributed by atoms with van der Waals surface area (Å²) in [6, 6.07) is 6.03. The number of benzene rings is 1. The minimum atomic E-state index is -0.618. The average Bonchev–Trinajstić information content (AvgIpc) is 3.34. The van der Waals surface area contributed by atoms with E-state index in [1.807, 2.05) is 19.1 Å². The van der Waals surface area contributed by atoms with Gasteiger partial charge in [-0.05, 0) is 38.7 Å². The standard InChI is InChI=1S/C22H34N4O3/c1-4-23-21(25-15-22(27)9-5-6-10-22)24-11-7-8-16-12-18-19(26-16)13-17(28-2)14-20(18)29-3/h12-14,26-27H,4-11,15H2,1-3H3,(H2,23,24,25). The lowest BCUT2D eigenvalue weighted by Gasteiger charge is -2.20. The van der Waals surface area contributed by atoms with Gasteiger partial charge in [0.1, 0.15) is 11.5 Å². The molecule has 4 N–H and O–H groups in total. The van der Waals surface area contributed by atoms with Crippen LogP contribution in [0.4, 0.5) is 0 Å². The lowest BCUT2D eigenvalue weighted by Crippen LogP contribution is -2.39. The predicted molar refractivity (Wildman–Crippen MR) is 117 cm³/mol. The van der Waals surface area contributed by atoms with Crippen molar-refractivity contribution in [2.75, 3.05) is 33.9 Å². The highest BCUT2D eigenvalue weighted by Crippen LogP contribution is 2.32. The van der Waals surface area contributed by atoms with E-state index in [1.54, 1.807) is 14.2 Å². The number of fused-ring (bicyclic) bond motifs is 1. The van der Waals surface area contributed by atoms with Gasteiger partial charge < -0.3 is 30.2 Å². The van der Waals surface area contributed by atoms with Gasteiger partial charge in [-0.15, -0.1) is 0 Å². The maximum absolute atomic E-state index is 10.5. The third kappa shape index (κ3) is 5.56. The number of aliphatic hydroxyl groups is 1. The molecule has 0 radical (unpaired) electrons. The van der Waals surface area contributed by atoms with E-state index in [0.29, 0.717) is 6.54 Å². The molecule has 0 atom stereocenters. The number of guanidine groups is 1. The van der Waals surface area contributed by atoms with Crippen LogP contribution >= 0.6 is 0 Å². The summed E-state index contributed by atoms with van der Waals surface area (Å²) in [7, 11) is 3.33. The Balaban J connectivity index is 1.54. The Hall–Kier alpha value is -2.41. The molecular weight excluding hydrogens is 368 g/mol. The summed E-state index contributed by atoms with van der Waals surface area (Å²) < 4.78 is 10.8. The number of ether oxygens (including phenoxy) is 2. The number of hydrogen-bond donors (Lipinski definition) is 4. The highest BCUT2D eigenvalue weighted by molar-refractivity contribution is 5.88. The van der Waals surface area contributed by atoms with Gasteiger partial charge in [0.05, 0.1) is 31.9 Å². The maximum atomic E-state index is 10.5. The molecule has 7 heteroatoms. The van der Waals surface area contributed by atoms with E-state index >= 15 is 0 Å². The van der Waals surface area contributed by atoms with Crippen LogP contribution in [-0.2, 0) is 6.42 Å². The van der Waals surface area contributed by atoms with Crippen LogP contribution < -0.4 is 20.1 Å². The normalized spacial score (nSPS) is 16.2. The molecule has 0 bridgehead atoms. The Morgan fingerprint density at radius 1 is 1.17 bits per heavy atom. The molecule has 1 aliphatic rings. The summed E-state index contributed by atoms with van der Waals surface area (Å²) in [6.45, 7) is 4.12. The minimum Gasteiger partial charge on any atom is -0.497 e. The largest absolute Gasteiger partial charge is 0.497 e. The van der Waals surface area contributed by atoms with Crippen molar-refractivity contribution in [3.63, 3.8) is 0 Å². The van der Waals surface area contributed by atoms with Crippen molar-refractivity contribution in [2.24, 2.45) is 4.99 Å². The van der Waals surface area contributed by atoms with Gasteiger partial charge in [0.15, 0.2) is 5.96 Å². The molecule has 2 aromatic rings. The molecule has 0 saturated heterocycles. The van der Waals surface area contributed by atoms with Crippen LogP contribution in [0.1, 0.15) is 44.7 Å². The summed E-state index contributed by atoms with van der Waals surface area (Å²) in [4.78, 5) is 8.05. The molecule has 0 unspecified atom stereocenters. The van der Waals surface area contributed by atoms with Crippen LogP contribution in [0, 0.1) is 0 Å². The van der Waals surface area contributed by atoms with Gasteiger partial charge in [0, 0.05) is 36.3 Å². The van der Waals surface area contributed by atoms with E-state index in [0.717, 1.165) is 85.7 Å². The summed E-state index contributed by atoms with van der Waals surface area (Å²) in [5, 5.41) is 18.2. The first-order chi connectivity index (χ1) is 14.1. The average molecular weight is 403 g/mol. The highest BCUT2D eigenvalue weighted by Gasteiger charge is 2.30. The SMILES string of the molecule is CCNC(=NCC1(O)CCCC1)NCCCc1cc2c(OC)cc(OC)cc2[nH]1. The first-order valence-corrected chi connectivity index (χ1v) is 10.5. The molecule has 1 heterocycles. The van der Waals surface area contributed by atoms with Crippen molar-refractivity contribution in [1.29, 1.82) is 0 Å². The van der Waals surface area contributed by atoms with Crippen molar-refractivity contribution < 1.29 is 14.6 Å². The fourth-order valence-corrected chi connectivity index (χ4v) is 3.90. The van der Waals surface area contributed by atoms with E-state index in [9.17, 15) is 5.11 Å². The zero-order valence-corrected chi connectivity index (χ0v) is 17.8. The van der Waals surface area contributed by atoms with E-state index in [2.05, 4.69) is 26.7 Å². The Bertz CT molecular complexity index is 825. The van der Waals surface area contributed by atoms with Crippen LogP contribution in [0.2, 0.25) is 0 Å². The van der Waals surface area contributed by atoms with Crippen molar-refractivity contribution in [3.8, 4) is 11.5 Å². The third-order valence-corrected chi connectivity index (χ3v) is 5.51. The quantitative estimate of drug-likeness (QED) is 0.294. The molecule has 0 spiro atoms. The molecule has 0 amide bonds. The summed E-state index contributed by atoms with van der Waals surface area (Å²) >= 11 is 0. The number of nitrogens with zero attached hydrogens (tertiary/aromatic N) is 1. The number of rotatable bonds is 9. The van der Waals surface area contributed by atoms with Gasteiger partial charge in [-0.3, -0.25) is 4.99 Å². The lowest BCUT2D eigenvalue weighted by molar-refractivity contribution is 0.0574. The fourth-order valence-electron chi connectivity index (χ4n) is 3.90. The number of aromatic nitrogens is 1. The second kappa shape index (κ2) is 9.87. The number of nitrogens with one attached hydrogen (secondary N) is 3. The number of aliphatic imine (C=N–C) groups is 1. The maximum Gasteiger partial charge on any atom is 0.191 e. The van der Waals surface area contributed by atoms with E-state index in [-0.39, 0.29) is 0 Å². The van der Waals surface area contributed by atoms with Crippen LogP contribution in [0.15, 0.2) is 23.2 Å². The van der Waals surface area contributed by atoms with Crippen LogP contribution in [0.5, 0.6) is 11.5 Å². The second-order valence-corrected chi connectivity index (χ2v) is 7.74. The second-order valence-electron chi connectivity index (χ2n) is 7.74. The number of hydrogen-bond acceptors (Lipinski definition) is 4. The first kappa shape index (κ1) is 21.3. The monoisotopic (exact) mass is 402 g/mol. The highest BCUT2D eigenvalue weighted by atomic mass is 16.5. The van der Waals surface area contributed by atoms with Gasteiger partial charge in [0.25, 0.3) is 0 Å². The molecule has 3 rings (SSSR count). The smallest absolute Gasteiger partial charge is 0.191 e. The number of aryl methyl sites for hydroxylation is 1. The van der Waals surface area contributed by atoms with Gasteiger partial charge in [0.2, 0.25) is 0 Å². The van der Waals surface area contributed by atoms with E-state index < -0.39 is 5.60 Å². The number of aromatic amines is 1. The number of methoxy groups -OCH3 is 2. The van der Waals surface area contributed by atoms with Crippen LogP contribution in [0.3, 0.4) is 0 Å². The Labute approximate surface area is 172 Å². The van der Waals surface area contributed by atoms with Crippen molar-refractivity contribution in [1.82, 2.24) is 15.6 Å². The van der Waals surface area contributed by atoms with Crippen molar-refractivity contribution in [3.05, 3.63) is 23.9 Å². The molecule has 7 nitrogen and oxygen atoms in total. The molecule has 1 fully saturated rings. The lowest BCUT2D eigenvalue weighted by atomic mass is 10.0. The van der Waals surface area contributed by atoms with Gasteiger partial charge >= 0.3 is 0 Å². The van der Waals surface area contributed by atoms with Crippen LogP contribution in [0.25, 0.3) is 10.9 Å². The molecule has 0 aliphatic heterocycles. The fraction of sp³-hybridized carbons (Fsp3) is 0.591. The topological polar surface area (TPSA) is 90.9 Å². The van der Waals surface area contributed by atoms with Crippen LogP contribution in [-0.4, -0.2) is 55.5 Å². The molecular formula is C22H34N4O3.